The van der Waals surface area contributed by atoms with Crippen molar-refractivity contribution in [2.24, 2.45) is 0 Å². The predicted octanol–water partition coefficient (Wildman–Crippen LogP) is 4.68. The molecule has 6 nitrogen and oxygen atoms in total. The fraction of sp³-hybridized carbons (Fsp3) is 0.200. The number of hydrogen-bond acceptors (Lipinski definition) is 6. The van der Waals surface area contributed by atoms with Crippen LogP contribution in [0.2, 0.25) is 10.0 Å². The van der Waals surface area contributed by atoms with E-state index in [1.54, 1.807) is 18.2 Å². The van der Waals surface area contributed by atoms with Gasteiger partial charge in [0.25, 0.3) is 0 Å². The van der Waals surface area contributed by atoms with E-state index < -0.39 is 11.9 Å². The number of hydrogen-bond donors (Lipinski definition) is 1. The summed E-state index contributed by atoms with van der Waals surface area (Å²) < 4.78 is 29.8. The minimum Gasteiger partial charge on any atom is -0.496 e. The summed E-state index contributed by atoms with van der Waals surface area (Å²) in [7, 11) is 2.74. The minimum atomic E-state index is -0.999. The summed E-state index contributed by atoms with van der Waals surface area (Å²) in [6, 6.07) is 4.84. The van der Waals surface area contributed by atoms with Crippen molar-refractivity contribution < 1.29 is 23.4 Å². The maximum atomic E-state index is 14.0. The summed E-state index contributed by atoms with van der Waals surface area (Å²) in [6.45, 7) is -0.252. The van der Waals surface area contributed by atoms with Gasteiger partial charge in [0.1, 0.15) is 28.1 Å². The second-order valence-electron chi connectivity index (χ2n) is 4.54. The summed E-state index contributed by atoms with van der Waals surface area (Å²) >= 11 is 15.4. The van der Waals surface area contributed by atoms with E-state index in [0.29, 0.717) is 16.0 Å². The molecule has 1 aromatic heterocycles. The molecular weight excluding hydrogens is 442 g/mol. The van der Waals surface area contributed by atoms with Crippen LogP contribution in [0.3, 0.4) is 0 Å². The Balaban J connectivity index is 2.34. The van der Waals surface area contributed by atoms with Crippen LogP contribution >= 0.6 is 39.1 Å². The molecule has 25 heavy (non-hydrogen) atoms. The molecule has 10 heteroatoms. The normalized spacial score (nSPS) is 10.3. The average Bonchev–Trinajstić information content (AvgIpc) is 2.60. The van der Waals surface area contributed by atoms with Crippen molar-refractivity contribution in [1.82, 2.24) is 4.98 Å². The molecule has 0 spiro atoms. The summed E-state index contributed by atoms with van der Waals surface area (Å²) in [4.78, 5) is 14.8. The van der Waals surface area contributed by atoms with Gasteiger partial charge in [-0.2, -0.15) is 9.37 Å². The summed E-state index contributed by atoms with van der Waals surface area (Å²) in [5.41, 5.74) is 0. The third-order valence-electron chi connectivity index (χ3n) is 2.97. The Morgan fingerprint density at radius 2 is 2.04 bits per heavy atom. The second-order valence-corrected chi connectivity index (χ2v) is 6.15. The first-order valence-electron chi connectivity index (χ1n) is 6.74. The number of esters is 1. The molecule has 0 aliphatic carbocycles. The SMILES string of the molecule is COC(=O)CNc1nc(F)c(Cl)c(Oc2ccc(OC)c(Br)c2)c1Cl. The van der Waals surface area contributed by atoms with Crippen LogP contribution in [0, 0.1) is 5.95 Å². The number of anilines is 1. The molecule has 0 radical (unpaired) electrons. The average molecular weight is 454 g/mol. The largest absolute Gasteiger partial charge is 0.496 e. The molecule has 1 N–H and O–H groups in total. The number of rotatable bonds is 6. The van der Waals surface area contributed by atoms with Gasteiger partial charge in [-0.05, 0) is 34.1 Å². The Hall–Kier alpha value is -1.77. The van der Waals surface area contributed by atoms with Crippen LogP contribution < -0.4 is 14.8 Å². The molecule has 0 amide bonds. The first kappa shape index (κ1) is 19.6. The molecule has 134 valence electrons. The zero-order valence-electron chi connectivity index (χ0n) is 13.0. The highest BCUT2D eigenvalue weighted by Gasteiger charge is 2.20. The molecule has 0 saturated heterocycles. The minimum absolute atomic E-state index is 0.0813. The van der Waals surface area contributed by atoms with Gasteiger partial charge in [-0.25, -0.2) is 0 Å². The van der Waals surface area contributed by atoms with E-state index >= 15 is 0 Å². The van der Waals surface area contributed by atoms with Crippen molar-refractivity contribution in [2.45, 2.75) is 0 Å². The Kier molecular flexibility index (Phi) is 6.69. The number of halogens is 4. The zero-order chi connectivity index (χ0) is 18.6. The van der Waals surface area contributed by atoms with Gasteiger partial charge < -0.3 is 19.5 Å². The molecule has 1 aromatic carbocycles. The number of carbonyl (C=O) groups is 1. The number of pyridine rings is 1. The van der Waals surface area contributed by atoms with E-state index in [-0.39, 0.29) is 28.2 Å². The molecule has 0 aliphatic rings. The maximum Gasteiger partial charge on any atom is 0.325 e. The number of carbonyl (C=O) groups excluding carboxylic acids is 1. The van der Waals surface area contributed by atoms with Gasteiger partial charge in [-0.1, -0.05) is 23.2 Å². The van der Waals surface area contributed by atoms with Crippen molar-refractivity contribution in [3.05, 3.63) is 38.7 Å². The summed E-state index contributed by atoms with van der Waals surface area (Å²) in [5, 5.41) is 2.09. The van der Waals surface area contributed by atoms with Crippen molar-refractivity contribution in [3.8, 4) is 17.2 Å². The maximum absolute atomic E-state index is 14.0. The van der Waals surface area contributed by atoms with Crippen LogP contribution in [0.1, 0.15) is 0 Å². The van der Waals surface area contributed by atoms with Crippen LogP contribution in [0.15, 0.2) is 22.7 Å². The van der Waals surface area contributed by atoms with Gasteiger partial charge in [-0.15, -0.1) is 0 Å². The van der Waals surface area contributed by atoms with Crippen LogP contribution in [0.25, 0.3) is 0 Å². The van der Waals surface area contributed by atoms with Gasteiger partial charge in [0.2, 0.25) is 5.95 Å². The molecule has 2 aromatic rings. The lowest BCUT2D eigenvalue weighted by molar-refractivity contribution is -0.138. The number of aromatic nitrogens is 1. The van der Waals surface area contributed by atoms with Gasteiger partial charge in [0, 0.05) is 0 Å². The van der Waals surface area contributed by atoms with Crippen molar-refractivity contribution in [3.63, 3.8) is 0 Å². The molecule has 0 saturated carbocycles. The van der Waals surface area contributed by atoms with Gasteiger partial charge in [0.15, 0.2) is 11.6 Å². The lowest BCUT2D eigenvalue weighted by atomic mass is 10.3. The Morgan fingerprint density at radius 1 is 1.32 bits per heavy atom. The fourth-order valence-corrected chi connectivity index (χ4v) is 2.74. The first-order chi connectivity index (χ1) is 11.9. The van der Waals surface area contributed by atoms with E-state index in [1.807, 2.05) is 0 Å². The van der Waals surface area contributed by atoms with Crippen LogP contribution in [-0.4, -0.2) is 31.7 Å². The first-order valence-corrected chi connectivity index (χ1v) is 8.28. The molecular formula is C15H12BrCl2FN2O4. The van der Waals surface area contributed by atoms with Crippen molar-refractivity contribution in [1.29, 1.82) is 0 Å². The van der Waals surface area contributed by atoms with E-state index in [4.69, 9.17) is 32.7 Å². The van der Waals surface area contributed by atoms with E-state index in [2.05, 4.69) is 31.0 Å². The van der Waals surface area contributed by atoms with E-state index in [9.17, 15) is 9.18 Å². The van der Waals surface area contributed by atoms with Crippen LogP contribution in [-0.2, 0) is 9.53 Å². The standard InChI is InChI=1S/C15H12BrCl2FN2O4/c1-23-9-4-3-7(5-8(9)16)25-13-11(17)14(19)21-15(12(13)18)20-6-10(22)24-2/h3-5H,6H2,1-2H3,(H,20,21). The quantitative estimate of drug-likeness (QED) is 0.506. The number of benzene rings is 1. The van der Waals surface area contributed by atoms with Gasteiger partial charge >= 0.3 is 5.97 Å². The zero-order valence-corrected chi connectivity index (χ0v) is 16.1. The molecule has 0 bridgehead atoms. The molecule has 0 aliphatic heterocycles. The van der Waals surface area contributed by atoms with Crippen molar-refractivity contribution in [2.75, 3.05) is 26.1 Å². The Bertz CT molecular complexity index is 808. The highest BCUT2D eigenvalue weighted by atomic mass is 79.9. The molecule has 0 fully saturated rings. The van der Waals surface area contributed by atoms with E-state index in [1.165, 1.54) is 14.2 Å². The Labute approximate surface area is 161 Å². The van der Waals surface area contributed by atoms with Crippen LogP contribution in [0.4, 0.5) is 10.2 Å². The number of nitrogens with one attached hydrogen (secondary N) is 1. The second kappa shape index (κ2) is 8.55. The third kappa shape index (κ3) is 4.65. The Morgan fingerprint density at radius 3 is 2.64 bits per heavy atom. The number of ether oxygens (including phenoxy) is 3. The molecule has 0 atom stereocenters. The lowest BCUT2D eigenvalue weighted by Crippen LogP contribution is -2.16. The highest BCUT2D eigenvalue weighted by Crippen LogP contribution is 2.42. The van der Waals surface area contributed by atoms with Gasteiger partial charge in [-0.3, -0.25) is 4.79 Å². The van der Waals surface area contributed by atoms with E-state index in [0.717, 1.165) is 0 Å². The summed E-state index contributed by atoms with van der Waals surface area (Å²) in [5.74, 6) is -0.889. The lowest BCUT2D eigenvalue weighted by Gasteiger charge is -2.14. The third-order valence-corrected chi connectivity index (χ3v) is 4.27. The molecule has 2 rings (SSSR count). The molecule has 1 heterocycles. The number of methoxy groups -OCH3 is 2. The van der Waals surface area contributed by atoms with Gasteiger partial charge in [0.05, 0.1) is 18.7 Å². The molecule has 0 unspecified atom stereocenters. The topological polar surface area (TPSA) is 69.7 Å². The monoisotopic (exact) mass is 452 g/mol. The number of nitrogens with zero attached hydrogens (tertiary/aromatic N) is 1. The predicted molar refractivity (Wildman–Crippen MR) is 95.5 cm³/mol. The smallest absolute Gasteiger partial charge is 0.325 e. The highest BCUT2D eigenvalue weighted by molar-refractivity contribution is 9.10. The fourth-order valence-electron chi connectivity index (χ4n) is 1.76. The van der Waals surface area contributed by atoms with Crippen molar-refractivity contribution >= 4 is 50.9 Å². The van der Waals surface area contributed by atoms with Crippen LogP contribution in [0.5, 0.6) is 17.2 Å². The summed E-state index contributed by atoms with van der Waals surface area (Å²) in [6.07, 6.45) is 0.